The van der Waals surface area contributed by atoms with Gasteiger partial charge in [-0.2, -0.15) is 0 Å². The van der Waals surface area contributed by atoms with E-state index in [1.807, 2.05) is 26.0 Å². The van der Waals surface area contributed by atoms with Gasteiger partial charge >= 0.3 is 0 Å². The van der Waals surface area contributed by atoms with Gasteiger partial charge in [-0.15, -0.1) is 0 Å². The van der Waals surface area contributed by atoms with E-state index in [4.69, 9.17) is 4.74 Å². The Morgan fingerprint density at radius 1 is 1.19 bits per heavy atom. The maximum Gasteiger partial charge on any atom is 0.261 e. The predicted molar refractivity (Wildman–Crippen MR) is 100 cm³/mol. The molecule has 0 bridgehead atoms. The van der Waals surface area contributed by atoms with E-state index in [1.165, 1.54) is 0 Å². The van der Waals surface area contributed by atoms with Crippen LogP contribution in [-0.2, 0) is 0 Å². The van der Waals surface area contributed by atoms with Crippen molar-refractivity contribution in [1.29, 1.82) is 0 Å². The number of hydrogen-bond acceptors (Lipinski definition) is 4. The third-order valence-corrected chi connectivity index (χ3v) is 5.38. The molecule has 6 heteroatoms. The number of rotatable bonds is 2. The molecule has 0 aliphatic carbocycles. The monoisotopic (exact) mass is 366 g/mol. The Hall–Kier alpha value is -2.89. The third-order valence-electron chi connectivity index (χ3n) is 5.38. The molecule has 2 aliphatic rings. The number of ether oxygens (including phenoxy) is 1. The summed E-state index contributed by atoms with van der Waals surface area (Å²) in [5.41, 5.74) is 0.434. The normalized spacial score (nSPS) is 21.4. The molecule has 1 saturated heterocycles. The number of hydrogen-bond donors (Lipinski definition) is 1. The van der Waals surface area contributed by atoms with Crippen LogP contribution in [-0.4, -0.2) is 40.3 Å². The Kier molecular flexibility index (Phi) is 4.13. The van der Waals surface area contributed by atoms with Crippen LogP contribution in [0.15, 0.2) is 41.2 Å². The van der Waals surface area contributed by atoms with Crippen molar-refractivity contribution in [1.82, 2.24) is 9.88 Å². The molecule has 1 atom stereocenters. The molecule has 140 valence electrons. The minimum absolute atomic E-state index is 0.0327. The molecule has 27 heavy (non-hydrogen) atoms. The van der Waals surface area contributed by atoms with Crippen molar-refractivity contribution < 1.29 is 14.3 Å². The van der Waals surface area contributed by atoms with Gasteiger partial charge in [0.1, 0.15) is 16.9 Å². The number of aromatic amines is 1. The van der Waals surface area contributed by atoms with Crippen LogP contribution in [0.3, 0.4) is 0 Å². The van der Waals surface area contributed by atoms with Crippen LogP contribution in [0.2, 0.25) is 0 Å². The zero-order valence-electron chi connectivity index (χ0n) is 15.5. The molecule has 3 heterocycles. The van der Waals surface area contributed by atoms with Gasteiger partial charge in [-0.1, -0.05) is 26.0 Å². The van der Waals surface area contributed by atoms with Gasteiger partial charge in [-0.3, -0.25) is 14.4 Å². The van der Waals surface area contributed by atoms with E-state index in [2.05, 4.69) is 4.98 Å². The van der Waals surface area contributed by atoms with E-state index in [1.54, 1.807) is 29.2 Å². The molecule has 1 fully saturated rings. The zero-order valence-corrected chi connectivity index (χ0v) is 15.5. The van der Waals surface area contributed by atoms with Gasteiger partial charge in [-0.05, 0) is 30.2 Å². The molecule has 1 spiro atoms. The van der Waals surface area contributed by atoms with Crippen LogP contribution in [0.4, 0.5) is 0 Å². The van der Waals surface area contributed by atoms with Crippen LogP contribution in [0.1, 0.15) is 59.0 Å². The molecule has 2 aromatic rings. The van der Waals surface area contributed by atoms with Gasteiger partial charge < -0.3 is 14.6 Å². The van der Waals surface area contributed by atoms with Crippen molar-refractivity contribution in [3.63, 3.8) is 0 Å². The van der Waals surface area contributed by atoms with Gasteiger partial charge in [0.05, 0.1) is 18.5 Å². The lowest BCUT2D eigenvalue weighted by molar-refractivity contribution is 0.0428. The molecule has 2 aliphatic heterocycles. The molecule has 0 saturated carbocycles. The van der Waals surface area contributed by atoms with Gasteiger partial charge in [0.25, 0.3) is 11.5 Å². The van der Waals surface area contributed by atoms with Crippen LogP contribution < -0.4 is 10.3 Å². The summed E-state index contributed by atoms with van der Waals surface area (Å²) in [5, 5.41) is 0. The first-order valence-electron chi connectivity index (χ1n) is 9.22. The van der Waals surface area contributed by atoms with Crippen molar-refractivity contribution in [3.05, 3.63) is 63.6 Å². The largest absolute Gasteiger partial charge is 0.484 e. The third kappa shape index (κ3) is 3.05. The number of para-hydroxylation sites is 1. The molecule has 0 unspecified atom stereocenters. The van der Waals surface area contributed by atoms with E-state index in [-0.39, 0.29) is 35.2 Å². The molecule has 1 aromatic heterocycles. The van der Waals surface area contributed by atoms with Gasteiger partial charge in [0, 0.05) is 18.7 Å². The fourth-order valence-electron chi connectivity index (χ4n) is 3.85. The maximum atomic E-state index is 12.9. The first kappa shape index (κ1) is 17.5. The second-order valence-electron chi connectivity index (χ2n) is 7.67. The Morgan fingerprint density at radius 2 is 1.96 bits per heavy atom. The van der Waals surface area contributed by atoms with Crippen LogP contribution >= 0.6 is 0 Å². The summed E-state index contributed by atoms with van der Waals surface area (Å²) in [6, 6.07) is 10.6. The van der Waals surface area contributed by atoms with Crippen molar-refractivity contribution in [3.8, 4) is 5.75 Å². The molecule has 6 nitrogen and oxygen atoms in total. The van der Waals surface area contributed by atoms with Gasteiger partial charge in [-0.25, -0.2) is 0 Å². The van der Waals surface area contributed by atoms with Crippen molar-refractivity contribution in [2.24, 2.45) is 0 Å². The number of ketones is 1. The minimum atomic E-state index is -0.703. The number of likely N-dealkylation sites (tertiary alicyclic amines) is 1. The molecular formula is C21H22N2O4. The quantitative estimate of drug-likeness (QED) is 0.886. The minimum Gasteiger partial charge on any atom is -0.484 e. The molecular weight excluding hydrogens is 344 g/mol. The highest BCUT2D eigenvalue weighted by molar-refractivity contribution is 6.00. The van der Waals surface area contributed by atoms with Crippen molar-refractivity contribution >= 4 is 11.7 Å². The first-order valence-corrected chi connectivity index (χ1v) is 9.22. The highest BCUT2D eigenvalue weighted by Crippen LogP contribution is 2.38. The standard InChI is InChI=1S/C21H22N2O4/c1-13(2)16-8-7-15(19(25)22-16)20(26)23-10-9-21(12-23)11-17(24)14-5-3-4-6-18(14)27-21/h3-8,13H,9-12H2,1-2H3,(H,22,25)/t21-/m1/s1. The number of fused-ring (bicyclic) bond motifs is 1. The van der Waals surface area contributed by atoms with Crippen LogP contribution in [0.5, 0.6) is 5.75 Å². The second kappa shape index (κ2) is 6.37. The second-order valence-corrected chi connectivity index (χ2v) is 7.67. The summed E-state index contributed by atoms with van der Waals surface area (Å²) in [6.07, 6.45) is 0.817. The number of carbonyl (C=O) groups is 2. The lowest BCUT2D eigenvalue weighted by atomic mass is 9.89. The first-order chi connectivity index (χ1) is 12.9. The zero-order chi connectivity index (χ0) is 19.2. The lowest BCUT2D eigenvalue weighted by Gasteiger charge is -2.34. The molecule has 1 amide bonds. The van der Waals surface area contributed by atoms with Crippen molar-refractivity contribution in [2.45, 2.75) is 38.2 Å². The topological polar surface area (TPSA) is 79.5 Å². The Labute approximate surface area is 157 Å². The van der Waals surface area contributed by atoms with Gasteiger partial charge in [0.15, 0.2) is 5.78 Å². The Bertz CT molecular complexity index is 978. The van der Waals surface area contributed by atoms with E-state index in [0.29, 0.717) is 30.8 Å². The Morgan fingerprint density at radius 3 is 2.70 bits per heavy atom. The summed E-state index contributed by atoms with van der Waals surface area (Å²) in [5.74, 6) is 0.462. The van der Waals surface area contributed by atoms with Gasteiger partial charge in [0.2, 0.25) is 0 Å². The van der Waals surface area contributed by atoms with Crippen LogP contribution in [0.25, 0.3) is 0 Å². The number of benzene rings is 1. The molecule has 1 aromatic carbocycles. The molecule has 0 radical (unpaired) electrons. The summed E-state index contributed by atoms with van der Waals surface area (Å²) in [4.78, 5) is 42.1. The lowest BCUT2D eigenvalue weighted by Crippen LogP contribution is -2.45. The SMILES string of the molecule is CC(C)c1ccc(C(=O)N2CC[C@@]3(CC(=O)c4ccccc4O3)C2)c(=O)[nH]1. The smallest absolute Gasteiger partial charge is 0.261 e. The average Bonchev–Trinajstić information content (AvgIpc) is 3.04. The number of amides is 1. The van der Waals surface area contributed by atoms with Crippen LogP contribution in [0, 0.1) is 0 Å². The van der Waals surface area contributed by atoms with Crippen molar-refractivity contribution in [2.75, 3.05) is 13.1 Å². The number of nitrogens with one attached hydrogen (secondary N) is 1. The number of carbonyl (C=O) groups excluding carboxylic acids is 2. The summed E-state index contributed by atoms with van der Waals surface area (Å²) >= 11 is 0. The fourth-order valence-corrected chi connectivity index (χ4v) is 3.85. The number of nitrogens with zero attached hydrogens (tertiary/aromatic N) is 1. The fraction of sp³-hybridized carbons (Fsp3) is 0.381. The predicted octanol–water partition coefficient (Wildman–Crippen LogP) is 2.75. The number of H-pyrrole nitrogens is 1. The molecule has 4 rings (SSSR count). The van der Waals surface area contributed by atoms with E-state index in [9.17, 15) is 14.4 Å². The maximum absolute atomic E-state index is 12.9. The summed E-state index contributed by atoms with van der Waals surface area (Å²) in [7, 11) is 0. The Balaban J connectivity index is 1.56. The van der Waals surface area contributed by atoms with E-state index >= 15 is 0 Å². The van der Waals surface area contributed by atoms with E-state index < -0.39 is 5.60 Å². The highest BCUT2D eigenvalue weighted by atomic mass is 16.5. The summed E-state index contributed by atoms with van der Waals surface area (Å²) in [6.45, 7) is 4.72. The number of aromatic nitrogens is 1. The summed E-state index contributed by atoms with van der Waals surface area (Å²) < 4.78 is 6.15. The average molecular weight is 366 g/mol. The number of pyridine rings is 1. The van der Waals surface area contributed by atoms with E-state index in [0.717, 1.165) is 5.69 Å². The molecule has 1 N–H and O–H groups in total. The number of Topliss-reactive ketones (excluding diaryl/α,β-unsaturated/α-hetero) is 1. The highest BCUT2D eigenvalue weighted by Gasteiger charge is 2.47.